The molecule has 2 aromatic rings. The number of phenols is 1. The van der Waals surface area contributed by atoms with Gasteiger partial charge in [0.1, 0.15) is 0 Å². The van der Waals surface area contributed by atoms with E-state index in [4.69, 9.17) is 5.11 Å². The summed E-state index contributed by atoms with van der Waals surface area (Å²) in [6.07, 6.45) is 0. The zero-order valence-electron chi connectivity index (χ0n) is 10.0. The molecule has 6 nitrogen and oxygen atoms in total. The molecule has 102 valence electrons. The van der Waals surface area contributed by atoms with Crippen LogP contribution >= 0.6 is 0 Å². The maximum atomic E-state index is 13.5. The second kappa shape index (κ2) is 5.78. The molecule has 20 heavy (non-hydrogen) atoms. The Labute approximate surface area is 133 Å². The zero-order valence-corrected chi connectivity index (χ0v) is 12.8. The van der Waals surface area contributed by atoms with Gasteiger partial charge in [-0.05, 0) is 11.6 Å². The molecule has 2 rings (SSSR count). The van der Waals surface area contributed by atoms with E-state index in [0.717, 1.165) is 0 Å². The fourth-order valence-electron chi connectivity index (χ4n) is 1.59. The number of fused-ring (bicyclic) bond motifs is 1. The molecule has 1 aromatic heterocycles. The molecular formula is C10H5F2NaO6S. The van der Waals surface area contributed by atoms with Crippen molar-refractivity contribution in [2.24, 2.45) is 0 Å². The van der Waals surface area contributed by atoms with Crippen molar-refractivity contribution < 1.29 is 60.8 Å². The first-order chi connectivity index (χ1) is 8.69. The van der Waals surface area contributed by atoms with E-state index in [0.29, 0.717) is 12.1 Å². The average Bonchev–Trinajstić information content (AvgIpc) is 2.26. The number of benzene rings is 1. The van der Waals surface area contributed by atoms with Crippen LogP contribution in [0.25, 0.3) is 11.0 Å². The molecule has 0 atom stereocenters. The smallest absolute Gasteiger partial charge is 0.748 e. The quantitative estimate of drug-likeness (QED) is 0.384. The number of halogens is 2. The van der Waals surface area contributed by atoms with E-state index in [-0.39, 0.29) is 29.6 Å². The second-order valence-corrected chi connectivity index (χ2v) is 5.09. The summed E-state index contributed by atoms with van der Waals surface area (Å²) in [4.78, 5) is 11.1. The molecule has 10 heteroatoms. The third kappa shape index (κ3) is 3.36. The minimum Gasteiger partial charge on any atom is -0.748 e. The van der Waals surface area contributed by atoms with Gasteiger partial charge in [0, 0.05) is 11.5 Å². The topological polar surface area (TPSA) is 108 Å². The molecule has 1 heterocycles. The van der Waals surface area contributed by atoms with Crippen molar-refractivity contribution in [1.29, 1.82) is 0 Å². The molecule has 0 aliphatic rings. The largest absolute Gasteiger partial charge is 1.00 e. The van der Waals surface area contributed by atoms with Crippen LogP contribution in [-0.2, 0) is 15.9 Å². The summed E-state index contributed by atoms with van der Waals surface area (Å²) in [7, 11) is -4.76. The van der Waals surface area contributed by atoms with Gasteiger partial charge in [0.05, 0.1) is 15.9 Å². The summed E-state index contributed by atoms with van der Waals surface area (Å²) in [5.41, 5.74) is -2.35. The van der Waals surface area contributed by atoms with Gasteiger partial charge in [-0.25, -0.2) is 17.6 Å². The van der Waals surface area contributed by atoms with Gasteiger partial charge in [0.15, 0.2) is 17.1 Å². The molecule has 0 radical (unpaired) electrons. The van der Waals surface area contributed by atoms with Gasteiger partial charge in [-0.1, -0.05) is 0 Å². The molecule has 0 amide bonds. The van der Waals surface area contributed by atoms with Crippen LogP contribution in [0.5, 0.6) is 5.75 Å². The van der Waals surface area contributed by atoms with Gasteiger partial charge in [0.25, 0.3) is 0 Å². The Hall–Kier alpha value is -1.00. The SMILES string of the molecule is O=c1cc(CS(=O)(=O)[O-])c2cc(F)c(O)c(F)c2o1.[Na+]. The summed E-state index contributed by atoms with van der Waals surface area (Å²) < 4.78 is 63.1. The van der Waals surface area contributed by atoms with Gasteiger partial charge < -0.3 is 14.1 Å². The van der Waals surface area contributed by atoms with E-state index in [2.05, 4.69) is 4.42 Å². The van der Waals surface area contributed by atoms with E-state index in [1.165, 1.54) is 0 Å². The number of phenolic OH excluding ortho intramolecular Hbond substituents is 1. The molecule has 0 unspecified atom stereocenters. The summed E-state index contributed by atoms with van der Waals surface area (Å²) in [6, 6.07) is 1.23. The first-order valence-corrected chi connectivity index (χ1v) is 6.34. The molecule has 0 spiro atoms. The van der Waals surface area contributed by atoms with Gasteiger partial charge in [-0.2, -0.15) is 4.39 Å². The molecule has 0 aliphatic heterocycles. The third-order valence-electron chi connectivity index (χ3n) is 2.32. The number of aromatic hydroxyl groups is 1. The molecule has 0 bridgehead atoms. The van der Waals surface area contributed by atoms with Crippen LogP contribution in [0.15, 0.2) is 21.3 Å². The minimum atomic E-state index is -4.76. The maximum Gasteiger partial charge on any atom is 1.00 e. The van der Waals surface area contributed by atoms with E-state index >= 15 is 0 Å². The maximum absolute atomic E-state index is 13.5. The average molecular weight is 314 g/mol. The van der Waals surface area contributed by atoms with Crippen molar-refractivity contribution in [2.75, 3.05) is 0 Å². The van der Waals surface area contributed by atoms with Crippen LogP contribution in [-0.4, -0.2) is 18.1 Å². The van der Waals surface area contributed by atoms with E-state index in [1.54, 1.807) is 0 Å². The number of hydrogen-bond donors (Lipinski definition) is 1. The van der Waals surface area contributed by atoms with Crippen LogP contribution in [0.2, 0.25) is 0 Å². The van der Waals surface area contributed by atoms with Gasteiger partial charge >= 0.3 is 35.2 Å². The standard InChI is InChI=1S/C10H6F2O6S.Na/c11-6-2-5-4(3-19(15,16)17)1-7(13)18-10(5)8(12)9(6)14;/h1-2,14H,3H2,(H,15,16,17);/q;+1/p-1. The molecule has 1 N–H and O–H groups in total. The summed E-state index contributed by atoms with van der Waals surface area (Å²) in [5.74, 6) is -5.41. The van der Waals surface area contributed by atoms with Crippen molar-refractivity contribution in [3.63, 3.8) is 0 Å². The van der Waals surface area contributed by atoms with Crippen molar-refractivity contribution in [3.05, 3.63) is 39.8 Å². The Kier molecular flexibility index (Phi) is 4.93. The van der Waals surface area contributed by atoms with E-state index in [9.17, 15) is 26.5 Å². The Balaban J connectivity index is 0.00000200. The normalized spacial score (nSPS) is 11.3. The van der Waals surface area contributed by atoms with E-state index in [1.807, 2.05) is 0 Å². The van der Waals surface area contributed by atoms with Crippen LogP contribution in [0.4, 0.5) is 8.78 Å². The molecule has 1 aromatic carbocycles. The van der Waals surface area contributed by atoms with Crippen LogP contribution in [0.3, 0.4) is 0 Å². The van der Waals surface area contributed by atoms with Gasteiger partial charge in [-0.15, -0.1) is 0 Å². The second-order valence-electron chi connectivity index (χ2n) is 3.69. The minimum absolute atomic E-state index is 0. The van der Waals surface area contributed by atoms with Crippen LogP contribution < -0.4 is 35.2 Å². The Morgan fingerprint density at radius 3 is 2.45 bits per heavy atom. The van der Waals surface area contributed by atoms with Crippen LogP contribution in [0, 0.1) is 11.6 Å². The van der Waals surface area contributed by atoms with Crippen molar-refractivity contribution in [1.82, 2.24) is 0 Å². The predicted molar refractivity (Wildman–Crippen MR) is 57.5 cm³/mol. The first-order valence-electron chi connectivity index (χ1n) is 4.76. The molecule has 0 aliphatic carbocycles. The van der Waals surface area contributed by atoms with Crippen molar-refractivity contribution in [3.8, 4) is 5.75 Å². The van der Waals surface area contributed by atoms with Gasteiger partial charge in [-0.3, -0.25) is 0 Å². The van der Waals surface area contributed by atoms with Crippen molar-refractivity contribution >= 4 is 21.1 Å². The summed E-state index contributed by atoms with van der Waals surface area (Å²) in [6.45, 7) is 0. The summed E-state index contributed by atoms with van der Waals surface area (Å²) >= 11 is 0. The molecule has 0 saturated heterocycles. The summed E-state index contributed by atoms with van der Waals surface area (Å²) in [5, 5.41) is 8.62. The molecular weight excluding hydrogens is 309 g/mol. The fourth-order valence-corrected chi connectivity index (χ4v) is 2.21. The van der Waals surface area contributed by atoms with Crippen LogP contribution in [0.1, 0.15) is 5.56 Å². The monoisotopic (exact) mass is 314 g/mol. The Morgan fingerprint density at radius 1 is 1.30 bits per heavy atom. The predicted octanol–water partition coefficient (Wildman–Crippen LogP) is -2.17. The van der Waals surface area contributed by atoms with Gasteiger partial charge in [0.2, 0.25) is 5.82 Å². The molecule has 0 fully saturated rings. The third-order valence-corrected chi connectivity index (χ3v) is 2.99. The van der Waals surface area contributed by atoms with Crippen molar-refractivity contribution in [2.45, 2.75) is 5.75 Å². The Bertz CT molecular complexity index is 830. The first kappa shape index (κ1) is 17.1. The fraction of sp³-hybridized carbons (Fsp3) is 0.100. The van der Waals surface area contributed by atoms with E-state index < -0.39 is 55.4 Å². The number of hydrogen-bond acceptors (Lipinski definition) is 6. The Morgan fingerprint density at radius 2 is 1.90 bits per heavy atom. The molecule has 0 saturated carbocycles. The number of rotatable bonds is 2. The zero-order chi connectivity index (χ0) is 14.4.